The van der Waals surface area contributed by atoms with Crippen LogP contribution in [0, 0.1) is 18.6 Å². The van der Waals surface area contributed by atoms with Crippen molar-refractivity contribution in [1.29, 1.82) is 0 Å². The van der Waals surface area contributed by atoms with Crippen LogP contribution in [0.3, 0.4) is 0 Å². The highest BCUT2D eigenvalue weighted by Gasteiger charge is 2.11. The first-order valence-corrected chi connectivity index (χ1v) is 7.55. The highest BCUT2D eigenvalue weighted by molar-refractivity contribution is 7.09. The predicted octanol–water partition coefficient (Wildman–Crippen LogP) is 3.02. The summed E-state index contributed by atoms with van der Waals surface area (Å²) in [6, 6.07) is 3.84. The van der Waals surface area contributed by atoms with Crippen molar-refractivity contribution in [1.82, 2.24) is 10.3 Å². The van der Waals surface area contributed by atoms with E-state index in [1.807, 2.05) is 12.3 Å². The Balaban J connectivity index is 1.73. The zero-order valence-electron chi connectivity index (χ0n) is 11.7. The van der Waals surface area contributed by atoms with Crippen LogP contribution in [-0.2, 0) is 17.6 Å². The second-order valence-electron chi connectivity index (χ2n) is 4.73. The molecule has 0 bridgehead atoms. The molecule has 0 spiro atoms. The van der Waals surface area contributed by atoms with Crippen LogP contribution in [0.2, 0.25) is 0 Å². The van der Waals surface area contributed by atoms with Crippen LogP contribution in [-0.4, -0.2) is 17.4 Å². The maximum Gasteiger partial charge on any atom is 0.224 e. The second-order valence-corrected chi connectivity index (χ2v) is 5.67. The SMILES string of the molecule is Cc1csc(CCCNC(=O)Cc2cccc(F)c2F)n1. The van der Waals surface area contributed by atoms with Crippen molar-refractivity contribution in [2.75, 3.05) is 6.54 Å². The molecule has 2 rings (SSSR count). The van der Waals surface area contributed by atoms with Gasteiger partial charge in [0, 0.05) is 29.6 Å². The molecule has 1 N–H and O–H groups in total. The molecule has 0 aliphatic rings. The zero-order valence-corrected chi connectivity index (χ0v) is 12.5. The normalized spacial score (nSPS) is 10.6. The molecule has 0 saturated heterocycles. The Morgan fingerprint density at radius 1 is 1.38 bits per heavy atom. The molecular formula is C15H16F2N2OS. The van der Waals surface area contributed by atoms with E-state index in [0.29, 0.717) is 6.54 Å². The van der Waals surface area contributed by atoms with Crippen LogP contribution in [0.5, 0.6) is 0 Å². The summed E-state index contributed by atoms with van der Waals surface area (Å²) in [5, 5.41) is 5.73. The number of rotatable bonds is 6. The fourth-order valence-corrected chi connectivity index (χ4v) is 2.72. The molecule has 21 heavy (non-hydrogen) atoms. The fourth-order valence-electron chi connectivity index (χ4n) is 1.91. The van der Waals surface area contributed by atoms with Crippen molar-refractivity contribution in [2.45, 2.75) is 26.2 Å². The molecule has 0 aliphatic carbocycles. The van der Waals surface area contributed by atoms with Crippen LogP contribution >= 0.6 is 11.3 Å². The van der Waals surface area contributed by atoms with Crippen LogP contribution in [0.4, 0.5) is 8.78 Å². The average molecular weight is 310 g/mol. The molecule has 0 unspecified atom stereocenters. The molecule has 0 fully saturated rings. The van der Waals surface area contributed by atoms with Gasteiger partial charge < -0.3 is 5.32 Å². The van der Waals surface area contributed by atoms with Gasteiger partial charge >= 0.3 is 0 Å². The predicted molar refractivity (Wildman–Crippen MR) is 78.2 cm³/mol. The maximum atomic E-state index is 13.4. The standard InChI is InChI=1S/C15H16F2N2OS/c1-10-9-21-14(19-10)6-3-7-18-13(20)8-11-4-2-5-12(16)15(11)17/h2,4-5,9H,3,6-8H2,1H3,(H,18,20). The van der Waals surface area contributed by atoms with Crippen molar-refractivity contribution >= 4 is 17.2 Å². The first kappa shape index (κ1) is 15.6. The lowest BCUT2D eigenvalue weighted by molar-refractivity contribution is -0.120. The van der Waals surface area contributed by atoms with Gasteiger partial charge in [-0.2, -0.15) is 0 Å². The smallest absolute Gasteiger partial charge is 0.224 e. The summed E-state index contributed by atoms with van der Waals surface area (Å²) in [6.45, 7) is 2.43. The number of carbonyl (C=O) groups is 1. The van der Waals surface area contributed by atoms with E-state index in [4.69, 9.17) is 0 Å². The minimum Gasteiger partial charge on any atom is -0.356 e. The number of thiazole rings is 1. The highest BCUT2D eigenvalue weighted by atomic mass is 32.1. The Labute approximate surface area is 126 Å². The summed E-state index contributed by atoms with van der Waals surface area (Å²) < 4.78 is 26.4. The van der Waals surface area contributed by atoms with E-state index in [0.717, 1.165) is 29.6 Å². The highest BCUT2D eigenvalue weighted by Crippen LogP contribution is 2.12. The average Bonchev–Trinajstić information content (AvgIpc) is 2.86. The van der Waals surface area contributed by atoms with E-state index in [9.17, 15) is 13.6 Å². The number of hydrogen-bond donors (Lipinski definition) is 1. The van der Waals surface area contributed by atoms with Crippen LogP contribution in [0.25, 0.3) is 0 Å². The maximum absolute atomic E-state index is 13.4. The van der Waals surface area contributed by atoms with Gasteiger partial charge in [0.15, 0.2) is 11.6 Å². The van der Waals surface area contributed by atoms with Crippen molar-refractivity contribution in [2.24, 2.45) is 0 Å². The molecule has 112 valence electrons. The number of aromatic nitrogens is 1. The van der Waals surface area contributed by atoms with Gasteiger partial charge in [-0.1, -0.05) is 12.1 Å². The molecule has 1 heterocycles. The molecule has 0 aliphatic heterocycles. The Hall–Kier alpha value is -1.82. The third kappa shape index (κ3) is 4.60. The first-order chi connectivity index (χ1) is 10.1. The molecule has 0 saturated carbocycles. The second kappa shape index (κ2) is 7.26. The number of nitrogens with zero attached hydrogens (tertiary/aromatic N) is 1. The van der Waals surface area contributed by atoms with Crippen molar-refractivity contribution in [3.8, 4) is 0 Å². The van der Waals surface area contributed by atoms with Crippen LogP contribution < -0.4 is 5.32 Å². The fraction of sp³-hybridized carbons (Fsp3) is 0.333. The molecule has 6 heteroatoms. The lowest BCUT2D eigenvalue weighted by Crippen LogP contribution is -2.26. The molecule has 1 amide bonds. The van der Waals surface area contributed by atoms with Crippen LogP contribution in [0.1, 0.15) is 22.7 Å². The number of aryl methyl sites for hydroxylation is 2. The number of hydrogen-bond acceptors (Lipinski definition) is 3. The molecule has 0 atom stereocenters. The minimum absolute atomic E-state index is 0.0723. The summed E-state index contributed by atoms with van der Waals surface area (Å²) in [5.74, 6) is -2.19. The molecule has 2 aromatic rings. The molecule has 1 aromatic heterocycles. The minimum atomic E-state index is -0.953. The largest absolute Gasteiger partial charge is 0.356 e. The van der Waals surface area contributed by atoms with Gasteiger partial charge in [0.25, 0.3) is 0 Å². The lowest BCUT2D eigenvalue weighted by Gasteiger charge is -2.06. The van der Waals surface area contributed by atoms with Gasteiger partial charge in [-0.25, -0.2) is 13.8 Å². The summed E-state index contributed by atoms with van der Waals surface area (Å²) in [7, 11) is 0. The van der Waals surface area contributed by atoms with Crippen LogP contribution in [0.15, 0.2) is 23.6 Å². The third-order valence-corrected chi connectivity index (χ3v) is 3.97. The third-order valence-electron chi connectivity index (χ3n) is 2.94. The summed E-state index contributed by atoms with van der Waals surface area (Å²) in [4.78, 5) is 16.0. The first-order valence-electron chi connectivity index (χ1n) is 6.67. The summed E-state index contributed by atoms with van der Waals surface area (Å²) in [6.07, 6.45) is 1.41. The van der Waals surface area contributed by atoms with E-state index >= 15 is 0 Å². The topological polar surface area (TPSA) is 42.0 Å². The molecule has 0 radical (unpaired) electrons. The van der Waals surface area contributed by atoms with Gasteiger partial charge in [-0.05, 0) is 19.4 Å². The number of nitrogens with one attached hydrogen (secondary N) is 1. The Morgan fingerprint density at radius 2 is 2.19 bits per heavy atom. The van der Waals surface area contributed by atoms with E-state index in [-0.39, 0.29) is 17.9 Å². The number of amides is 1. The Morgan fingerprint density at radius 3 is 2.90 bits per heavy atom. The summed E-state index contributed by atoms with van der Waals surface area (Å²) in [5.41, 5.74) is 1.07. The van der Waals surface area contributed by atoms with Crippen molar-refractivity contribution in [3.05, 3.63) is 51.5 Å². The van der Waals surface area contributed by atoms with Crippen molar-refractivity contribution in [3.63, 3.8) is 0 Å². The Kier molecular flexibility index (Phi) is 5.38. The Bertz CT molecular complexity index is 628. The van der Waals surface area contributed by atoms with Gasteiger partial charge in [-0.15, -0.1) is 11.3 Å². The van der Waals surface area contributed by atoms with Gasteiger partial charge in [-0.3, -0.25) is 4.79 Å². The lowest BCUT2D eigenvalue weighted by atomic mass is 10.1. The number of benzene rings is 1. The zero-order chi connectivity index (χ0) is 15.2. The van der Waals surface area contributed by atoms with Gasteiger partial charge in [0.1, 0.15) is 0 Å². The van der Waals surface area contributed by atoms with E-state index in [1.165, 1.54) is 12.1 Å². The number of carbonyl (C=O) groups excluding carboxylic acids is 1. The quantitative estimate of drug-likeness (QED) is 0.833. The van der Waals surface area contributed by atoms with Gasteiger partial charge in [0.2, 0.25) is 5.91 Å². The molecular weight excluding hydrogens is 294 g/mol. The van der Waals surface area contributed by atoms with Gasteiger partial charge in [0.05, 0.1) is 11.4 Å². The van der Waals surface area contributed by atoms with Crippen molar-refractivity contribution < 1.29 is 13.6 Å². The molecule has 3 nitrogen and oxygen atoms in total. The monoisotopic (exact) mass is 310 g/mol. The van der Waals surface area contributed by atoms with E-state index < -0.39 is 11.6 Å². The molecule has 1 aromatic carbocycles. The number of halogens is 2. The van der Waals surface area contributed by atoms with E-state index in [2.05, 4.69) is 10.3 Å². The summed E-state index contributed by atoms with van der Waals surface area (Å²) >= 11 is 1.60. The van der Waals surface area contributed by atoms with E-state index in [1.54, 1.807) is 11.3 Å².